The lowest BCUT2D eigenvalue weighted by Gasteiger charge is -2.31. The predicted molar refractivity (Wildman–Crippen MR) is 96.9 cm³/mol. The van der Waals surface area contributed by atoms with Gasteiger partial charge in [0.25, 0.3) is 5.91 Å². The highest BCUT2D eigenvalue weighted by molar-refractivity contribution is 5.97. The van der Waals surface area contributed by atoms with Crippen LogP contribution in [0.5, 0.6) is 0 Å². The number of esters is 1. The number of nitrogens with one attached hydrogen (secondary N) is 2. The Bertz CT molecular complexity index is 687. The van der Waals surface area contributed by atoms with E-state index in [1.54, 1.807) is 36.1 Å². The molecule has 1 aromatic carbocycles. The molecule has 3 rings (SSSR count). The molecule has 1 atom stereocenters. The van der Waals surface area contributed by atoms with Crippen molar-refractivity contribution in [3.8, 4) is 0 Å². The molecule has 1 heterocycles. The maximum Gasteiger partial charge on any atom is 0.321 e. The van der Waals surface area contributed by atoms with Crippen LogP contribution in [0.2, 0.25) is 0 Å². The van der Waals surface area contributed by atoms with Crippen LogP contribution in [0.4, 0.5) is 10.5 Å². The van der Waals surface area contributed by atoms with Gasteiger partial charge in [0.15, 0.2) is 0 Å². The Hall–Kier alpha value is -2.57. The van der Waals surface area contributed by atoms with Crippen LogP contribution < -0.4 is 10.6 Å². The number of carbonyl (C=O) groups is 3. The number of nitrogens with zero attached hydrogens (tertiary/aromatic N) is 1. The minimum Gasteiger partial charge on any atom is -0.466 e. The molecule has 0 radical (unpaired) electrons. The first kappa shape index (κ1) is 18.2. The normalized spacial score (nSPS) is 19.6. The number of urea groups is 1. The van der Waals surface area contributed by atoms with Gasteiger partial charge in [-0.1, -0.05) is 6.07 Å². The van der Waals surface area contributed by atoms with Crippen molar-refractivity contribution >= 4 is 23.6 Å². The van der Waals surface area contributed by atoms with Gasteiger partial charge in [-0.2, -0.15) is 0 Å². The van der Waals surface area contributed by atoms with Gasteiger partial charge in [0.2, 0.25) is 0 Å². The highest BCUT2D eigenvalue weighted by Gasteiger charge is 2.29. The zero-order chi connectivity index (χ0) is 18.5. The number of ether oxygens (including phenoxy) is 1. The van der Waals surface area contributed by atoms with Crippen molar-refractivity contribution < 1.29 is 19.1 Å². The molecule has 2 N–H and O–H groups in total. The van der Waals surface area contributed by atoms with Crippen molar-refractivity contribution in [3.63, 3.8) is 0 Å². The largest absolute Gasteiger partial charge is 0.466 e. The number of anilines is 1. The van der Waals surface area contributed by atoms with E-state index in [1.165, 1.54) is 0 Å². The summed E-state index contributed by atoms with van der Waals surface area (Å²) in [5.74, 6) is -0.641. The number of hydrogen-bond acceptors (Lipinski definition) is 4. The Labute approximate surface area is 153 Å². The summed E-state index contributed by atoms with van der Waals surface area (Å²) in [6.07, 6.45) is 3.55. The van der Waals surface area contributed by atoms with Crippen molar-refractivity contribution in [2.24, 2.45) is 5.92 Å². The quantitative estimate of drug-likeness (QED) is 0.790. The SMILES string of the molecule is CCOC(=O)C1CCCN(C(=O)Nc2cccc(C(=O)NC3CC3)c2)C1. The number of hydrogen-bond donors (Lipinski definition) is 2. The third-order valence-electron chi connectivity index (χ3n) is 4.62. The van der Waals surface area contributed by atoms with Gasteiger partial charge >= 0.3 is 12.0 Å². The van der Waals surface area contributed by atoms with Crippen molar-refractivity contribution in [1.29, 1.82) is 0 Å². The monoisotopic (exact) mass is 359 g/mol. The molecule has 1 unspecified atom stereocenters. The third-order valence-corrected chi connectivity index (χ3v) is 4.62. The molecule has 0 bridgehead atoms. The Balaban J connectivity index is 1.58. The topological polar surface area (TPSA) is 87.7 Å². The smallest absolute Gasteiger partial charge is 0.321 e. The zero-order valence-electron chi connectivity index (χ0n) is 15.0. The molecule has 1 saturated heterocycles. The second-order valence-corrected chi connectivity index (χ2v) is 6.80. The minimum atomic E-state index is -0.273. The summed E-state index contributed by atoms with van der Waals surface area (Å²) in [6, 6.07) is 6.91. The molecule has 1 aliphatic heterocycles. The second-order valence-electron chi connectivity index (χ2n) is 6.80. The molecule has 2 fully saturated rings. The van der Waals surface area contributed by atoms with Crippen LogP contribution in [0, 0.1) is 5.92 Å². The van der Waals surface area contributed by atoms with Crippen LogP contribution in [-0.2, 0) is 9.53 Å². The van der Waals surface area contributed by atoms with Crippen molar-refractivity contribution in [2.45, 2.75) is 38.6 Å². The molecule has 140 valence electrons. The van der Waals surface area contributed by atoms with Crippen molar-refractivity contribution in [3.05, 3.63) is 29.8 Å². The first-order chi connectivity index (χ1) is 12.6. The lowest BCUT2D eigenvalue weighted by atomic mass is 9.98. The maximum absolute atomic E-state index is 12.5. The summed E-state index contributed by atoms with van der Waals surface area (Å²) >= 11 is 0. The Morgan fingerprint density at radius 1 is 1.23 bits per heavy atom. The minimum absolute atomic E-state index is 0.121. The third kappa shape index (κ3) is 4.74. The summed E-state index contributed by atoms with van der Waals surface area (Å²) in [6.45, 7) is 3.07. The van der Waals surface area contributed by atoms with Crippen molar-refractivity contribution in [2.75, 3.05) is 25.0 Å². The number of benzene rings is 1. The number of likely N-dealkylation sites (tertiary alicyclic amines) is 1. The van der Waals surface area contributed by atoms with E-state index in [2.05, 4.69) is 10.6 Å². The Morgan fingerprint density at radius 3 is 2.77 bits per heavy atom. The van der Waals surface area contributed by atoms with E-state index >= 15 is 0 Å². The molecule has 0 spiro atoms. The van der Waals surface area contributed by atoms with E-state index in [0.717, 1.165) is 25.7 Å². The summed E-state index contributed by atoms with van der Waals surface area (Å²) < 4.78 is 5.06. The van der Waals surface area contributed by atoms with E-state index in [-0.39, 0.29) is 29.9 Å². The van der Waals surface area contributed by atoms with E-state index in [4.69, 9.17) is 4.74 Å². The molecule has 1 aromatic rings. The highest BCUT2D eigenvalue weighted by Crippen LogP contribution is 2.21. The zero-order valence-corrected chi connectivity index (χ0v) is 15.0. The lowest BCUT2D eigenvalue weighted by Crippen LogP contribution is -2.44. The van der Waals surface area contributed by atoms with Gasteiger partial charge in [0.05, 0.1) is 12.5 Å². The van der Waals surface area contributed by atoms with Gasteiger partial charge in [-0.3, -0.25) is 9.59 Å². The predicted octanol–water partition coefficient (Wildman–Crippen LogP) is 2.39. The van der Waals surface area contributed by atoms with Gasteiger partial charge in [0, 0.05) is 30.4 Å². The van der Waals surface area contributed by atoms with Crippen LogP contribution in [0.3, 0.4) is 0 Å². The number of piperidine rings is 1. The van der Waals surface area contributed by atoms with Crippen LogP contribution in [0.25, 0.3) is 0 Å². The summed E-state index contributed by atoms with van der Waals surface area (Å²) in [4.78, 5) is 38.2. The summed E-state index contributed by atoms with van der Waals surface area (Å²) in [5.41, 5.74) is 1.09. The molecule has 26 heavy (non-hydrogen) atoms. The van der Waals surface area contributed by atoms with Gasteiger partial charge in [-0.15, -0.1) is 0 Å². The number of rotatable bonds is 5. The molecule has 2 aliphatic rings. The average Bonchev–Trinajstić information content (AvgIpc) is 3.46. The van der Waals surface area contributed by atoms with Crippen molar-refractivity contribution in [1.82, 2.24) is 10.2 Å². The fraction of sp³-hybridized carbons (Fsp3) is 0.526. The van der Waals surface area contributed by atoms with Crippen LogP contribution in [0.15, 0.2) is 24.3 Å². The summed E-state index contributed by atoms with van der Waals surface area (Å²) in [5, 5.41) is 5.75. The van der Waals surface area contributed by atoms with Crippen LogP contribution >= 0.6 is 0 Å². The number of carbonyl (C=O) groups excluding carboxylic acids is 3. The van der Waals surface area contributed by atoms with Crippen LogP contribution in [0.1, 0.15) is 43.0 Å². The standard InChI is InChI=1S/C19H25N3O4/c1-2-26-18(24)14-6-4-10-22(12-14)19(25)21-16-7-3-5-13(11-16)17(23)20-15-8-9-15/h3,5,7,11,14-15H,2,4,6,8-10,12H2,1H3,(H,20,23)(H,21,25). The maximum atomic E-state index is 12.5. The molecule has 3 amide bonds. The Kier molecular flexibility index (Phi) is 5.75. The molecule has 7 heteroatoms. The Morgan fingerprint density at radius 2 is 2.04 bits per heavy atom. The fourth-order valence-electron chi connectivity index (χ4n) is 3.05. The van der Waals surface area contributed by atoms with Crippen LogP contribution in [-0.4, -0.2) is 48.5 Å². The first-order valence-electron chi connectivity index (χ1n) is 9.20. The average molecular weight is 359 g/mol. The van der Waals surface area contributed by atoms with E-state index in [1.807, 2.05) is 0 Å². The van der Waals surface area contributed by atoms with Gasteiger partial charge in [0.1, 0.15) is 0 Å². The number of amides is 3. The molecule has 1 aliphatic carbocycles. The van der Waals surface area contributed by atoms with E-state index in [0.29, 0.717) is 30.9 Å². The molecular formula is C19H25N3O4. The van der Waals surface area contributed by atoms with Gasteiger partial charge in [-0.05, 0) is 50.8 Å². The fourth-order valence-corrected chi connectivity index (χ4v) is 3.05. The lowest BCUT2D eigenvalue weighted by molar-refractivity contribution is -0.149. The molecule has 0 aromatic heterocycles. The van der Waals surface area contributed by atoms with Gasteiger partial charge < -0.3 is 20.3 Å². The molecular weight excluding hydrogens is 334 g/mol. The van der Waals surface area contributed by atoms with E-state index in [9.17, 15) is 14.4 Å². The second kappa shape index (κ2) is 8.21. The molecule has 7 nitrogen and oxygen atoms in total. The first-order valence-corrected chi connectivity index (χ1v) is 9.20. The highest BCUT2D eigenvalue weighted by atomic mass is 16.5. The van der Waals surface area contributed by atoms with E-state index < -0.39 is 0 Å². The molecule has 1 saturated carbocycles. The summed E-state index contributed by atoms with van der Waals surface area (Å²) in [7, 11) is 0. The van der Waals surface area contributed by atoms with Gasteiger partial charge in [-0.25, -0.2) is 4.79 Å².